The number of hydrogen-bond donors (Lipinski definition) is 2. The zero-order chi connectivity index (χ0) is 44.6. The van der Waals surface area contributed by atoms with E-state index in [0.717, 1.165) is 6.08 Å². The molecule has 2 bridgehead atoms. The first-order valence-corrected chi connectivity index (χ1v) is 20.9. The summed E-state index contributed by atoms with van der Waals surface area (Å²) in [6, 6.07) is 8.82. The predicted molar refractivity (Wildman–Crippen MR) is 214 cm³/mol. The largest absolute Gasteiger partial charge is 0.463 e. The molecule has 0 radical (unpaired) electrons. The lowest BCUT2D eigenvalue weighted by atomic mass is 9.96. The maximum absolute atomic E-state index is 13.4. The fraction of sp³-hybridized carbons (Fsp3) is 0.636. The molecular formula is C44H60O17. The summed E-state index contributed by atoms with van der Waals surface area (Å²) >= 11 is 0. The molecule has 2 N–H and O–H groups in total. The Morgan fingerprint density at radius 3 is 2.16 bits per heavy atom. The number of ketones is 1. The van der Waals surface area contributed by atoms with Gasteiger partial charge in [-0.2, -0.15) is 0 Å². The van der Waals surface area contributed by atoms with Crippen molar-refractivity contribution in [2.24, 2.45) is 0 Å². The number of benzene rings is 1. The highest BCUT2D eigenvalue weighted by atomic mass is 16.8. The number of cyclic esters (lactones) is 1. The Bertz CT molecular complexity index is 1690. The molecule has 61 heavy (non-hydrogen) atoms. The van der Waals surface area contributed by atoms with Gasteiger partial charge in [0.2, 0.25) is 0 Å². The molecule has 3 saturated heterocycles. The number of aliphatic hydroxyl groups excluding tert-OH is 2. The normalized spacial score (nSPS) is 32.4. The van der Waals surface area contributed by atoms with Crippen molar-refractivity contribution in [3.8, 4) is 0 Å². The fourth-order valence-corrected chi connectivity index (χ4v) is 7.20. The smallest absolute Gasteiger partial charge is 0.333 e. The molecule has 3 aliphatic heterocycles. The van der Waals surface area contributed by atoms with Crippen molar-refractivity contribution >= 4 is 41.7 Å². The van der Waals surface area contributed by atoms with E-state index in [1.165, 1.54) is 32.9 Å². The number of ether oxygens (including phenoxy) is 9. The van der Waals surface area contributed by atoms with E-state index in [1.807, 2.05) is 6.92 Å². The first kappa shape index (κ1) is 49.1. The van der Waals surface area contributed by atoms with Gasteiger partial charge in [0.1, 0.15) is 31.0 Å². The highest BCUT2D eigenvalue weighted by Gasteiger charge is 2.55. The summed E-state index contributed by atoms with van der Waals surface area (Å²) < 4.78 is 53.0. The molecule has 1 aromatic rings. The summed E-state index contributed by atoms with van der Waals surface area (Å²) in [5.41, 5.74) is 0.803. The number of carbonyl (C=O) groups excluding carboxylic acids is 6. The Labute approximate surface area is 355 Å². The molecule has 0 amide bonds. The molecule has 12 atom stereocenters. The third kappa shape index (κ3) is 14.8. The predicted octanol–water partition coefficient (Wildman–Crippen LogP) is 3.97. The van der Waals surface area contributed by atoms with E-state index in [9.17, 15) is 39.0 Å². The SMILES string of the molecule is C/C=C(\C)C(=O)O[C@@H]1[C@@H](O)[C@@H]2O[C@H]3[C@H](O[C@@H](CCC)CCCCC[C@H](OC(C)=O)C(=O)CCC(=O)OC[C@@H](O2)[C@H]1OC(=O)/C=C/c1ccccc1)O[C@H](C)[C@H](OC(C)=O)[C@@H]3O. The molecule has 338 valence electrons. The van der Waals surface area contributed by atoms with E-state index in [0.29, 0.717) is 44.1 Å². The van der Waals surface area contributed by atoms with E-state index >= 15 is 0 Å². The summed E-state index contributed by atoms with van der Waals surface area (Å²) in [6.45, 7) is 8.31. The van der Waals surface area contributed by atoms with Gasteiger partial charge < -0.3 is 52.8 Å². The second-order valence-electron chi connectivity index (χ2n) is 15.3. The Balaban J connectivity index is 1.77. The molecule has 0 spiro atoms. The van der Waals surface area contributed by atoms with E-state index in [4.69, 9.17) is 42.6 Å². The van der Waals surface area contributed by atoms with Crippen LogP contribution in [0.4, 0.5) is 0 Å². The molecule has 0 unspecified atom stereocenters. The number of hydrogen-bond acceptors (Lipinski definition) is 17. The molecule has 17 nitrogen and oxygen atoms in total. The van der Waals surface area contributed by atoms with Crippen molar-refractivity contribution in [1.29, 1.82) is 0 Å². The molecule has 0 saturated carbocycles. The van der Waals surface area contributed by atoms with Gasteiger partial charge in [-0.05, 0) is 58.1 Å². The van der Waals surface area contributed by atoms with Crippen LogP contribution < -0.4 is 0 Å². The molecule has 3 fully saturated rings. The zero-order valence-corrected chi connectivity index (χ0v) is 35.6. The molecule has 3 heterocycles. The van der Waals surface area contributed by atoms with Crippen LogP contribution in [0.15, 0.2) is 48.1 Å². The van der Waals surface area contributed by atoms with Crippen molar-refractivity contribution in [3.05, 3.63) is 53.6 Å². The number of aliphatic hydroxyl groups is 2. The highest BCUT2D eigenvalue weighted by Crippen LogP contribution is 2.34. The van der Waals surface area contributed by atoms with Gasteiger partial charge in [-0.3, -0.25) is 19.2 Å². The summed E-state index contributed by atoms with van der Waals surface area (Å²) in [4.78, 5) is 77.1. The number of Topliss-reactive ketones (excluding diaryl/α,β-unsaturated/α-hetero) is 1. The number of rotatable bonds is 9. The quantitative estimate of drug-likeness (QED) is 0.203. The van der Waals surface area contributed by atoms with Crippen LogP contribution in [0, 0.1) is 0 Å². The van der Waals surface area contributed by atoms with Crippen LogP contribution >= 0.6 is 0 Å². The first-order chi connectivity index (χ1) is 29.1. The van der Waals surface area contributed by atoms with E-state index in [1.54, 1.807) is 44.2 Å². The summed E-state index contributed by atoms with van der Waals surface area (Å²) in [6.07, 6.45) is -9.46. The van der Waals surface area contributed by atoms with Gasteiger partial charge >= 0.3 is 29.8 Å². The van der Waals surface area contributed by atoms with Gasteiger partial charge in [-0.25, -0.2) is 9.59 Å². The van der Waals surface area contributed by atoms with E-state index < -0.39 is 122 Å². The van der Waals surface area contributed by atoms with Crippen LogP contribution in [0.2, 0.25) is 0 Å². The summed E-state index contributed by atoms with van der Waals surface area (Å²) in [5, 5.41) is 23.7. The average molecular weight is 861 g/mol. The number of fused-ring (bicyclic) bond motifs is 3. The lowest BCUT2D eigenvalue weighted by molar-refractivity contribution is -0.369. The van der Waals surface area contributed by atoms with E-state index in [2.05, 4.69) is 0 Å². The topological polar surface area (TPSA) is 226 Å². The first-order valence-electron chi connectivity index (χ1n) is 20.9. The number of esters is 5. The lowest BCUT2D eigenvalue weighted by Gasteiger charge is -2.47. The van der Waals surface area contributed by atoms with Crippen LogP contribution in [0.3, 0.4) is 0 Å². The monoisotopic (exact) mass is 860 g/mol. The van der Waals surface area contributed by atoms with Crippen LogP contribution in [0.1, 0.15) is 105 Å². The van der Waals surface area contributed by atoms with Crippen molar-refractivity contribution in [2.45, 2.75) is 173 Å². The second kappa shape index (κ2) is 24.2. The molecule has 4 rings (SSSR count). The van der Waals surface area contributed by atoms with Gasteiger partial charge in [0.25, 0.3) is 0 Å². The molecule has 0 aliphatic carbocycles. The zero-order valence-electron chi connectivity index (χ0n) is 35.6. The van der Waals surface area contributed by atoms with Crippen LogP contribution in [-0.2, 0) is 71.4 Å². The molecule has 0 aromatic heterocycles. The van der Waals surface area contributed by atoms with Crippen LogP contribution in [0.25, 0.3) is 6.08 Å². The Morgan fingerprint density at radius 1 is 0.787 bits per heavy atom. The Kier molecular flexibility index (Phi) is 19.5. The molecule has 17 heteroatoms. The standard InChI is InChI=1S/C44H60O17/c1-7-15-30-18-13-10-14-19-32(55-27(5)45)31(47)21-23-34(48)53-24-33-39(59-35(49)22-20-29-16-11-9-12-17-29)40(60-42(52)25(3)8-2)37(51)43(58-33)61-41-36(50)38(56-28(6)46)26(4)54-44(41)57-30/h8-9,11-12,16-17,20,22,26,30,32-33,36-41,43-44,50-51H,7,10,13-15,18-19,21,23-24H2,1-6H3/b22-20+,25-8+/t26-,30+,32+,33-,36+,37-,38+,39-,40-,41-,43+,44+/m1/s1. The number of carbonyl (C=O) groups is 6. The molecule has 3 aliphatic rings. The fourth-order valence-electron chi connectivity index (χ4n) is 7.20. The lowest BCUT2D eigenvalue weighted by Crippen LogP contribution is -2.65. The van der Waals surface area contributed by atoms with E-state index in [-0.39, 0.29) is 18.4 Å². The molecular weight excluding hydrogens is 800 g/mol. The Hall–Kier alpha value is -4.52. The summed E-state index contributed by atoms with van der Waals surface area (Å²) in [7, 11) is 0. The van der Waals surface area contributed by atoms with Crippen LogP contribution in [0.5, 0.6) is 0 Å². The van der Waals surface area contributed by atoms with Gasteiger partial charge in [0.05, 0.1) is 18.6 Å². The third-order valence-corrected chi connectivity index (χ3v) is 10.5. The van der Waals surface area contributed by atoms with Gasteiger partial charge in [-0.15, -0.1) is 0 Å². The average Bonchev–Trinajstić information content (AvgIpc) is 3.22. The van der Waals surface area contributed by atoms with Gasteiger partial charge in [0.15, 0.2) is 42.8 Å². The second-order valence-corrected chi connectivity index (χ2v) is 15.3. The Morgan fingerprint density at radius 2 is 1.49 bits per heavy atom. The molecule has 1 aromatic carbocycles. The maximum Gasteiger partial charge on any atom is 0.333 e. The third-order valence-electron chi connectivity index (χ3n) is 10.5. The maximum atomic E-state index is 13.4. The van der Waals surface area contributed by atoms with Crippen molar-refractivity contribution in [3.63, 3.8) is 0 Å². The van der Waals surface area contributed by atoms with Gasteiger partial charge in [-0.1, -0.05) is 62.6 Å². The van der Waals surface area contributed by atoms with Crippen molar-refractivity contribution in [2.75, 3.05) is 6.61 Å². The highest BCUT2D eigenvalue weighted by molar-refractivity contribution is 5.89. The minimum atomic E-state index is -1.92. The van der Waals surface area contributed by atoms with Crippen molar-refractivity contribution < 1.29 is 81.6 Å². The minimum Gasteiger partial charge on any atom is -0.463 e. The van der Waals surface area contributed by atoms with Crippen LogP contribution in [-0.4, -0.2) is 126 Å². The summed E-state index contributed by atoms with van der Waals surface area (Å²) in [5.74, 6) is -4.51. The van der Waals surface area contributed by atoms with Gasteiger partial charge in [0, 0.05) is 31.9 Å². The number of allylic oxidation sites excluding steroid dienone is 1. The minimum absolute atomic E-state index is 0.141. The van der Waals surface area contributed by atoms with Crippen molar-refractivity contribution in [1.82, 2.24) is 0 Å².